The predicted octanol–water partition coefficient (Wildman–Crippen LogP) is 3.24. The first-order valence-corrected chi connectivity index (χ1v) is 8.85. The van der Waals surface area contributed by atoms with Gasteiger partial charge in [-0.25, -0.2) is 9.18 Å². The van der Waals surface area contributed by atoms with Crippen molar-refractivity contribution >= 4 is 34.4 Å². The Morgan fingerprint density at radius 2 is 2.04 bits per heavy atom. The average Bonchev–Trinajstić information content (AvgIpc) is 3.11. The van der Waals surface area contributed by atoms with E-state index in [9.17, 15) is 14.0 Å². The number of ether oxygens (including phenoxy) is 2. The fraction of sp³-hybridized carbons (Fsp3) is 0.200. The number of para-hydroxylation sites is 1. The summed E-state index contributed by atoms with van der Waals surface area (Å²) in [5.41, 5.74) is 1.81. The number of aromatic nitrogens is 1. The van der Waals surface area contributed by atoms with Crippen molar-refractivity contribution < 1.29 is 23.5 Å². The smallest absolute Gasteiger partial charge is 0.328 e. The molecule has 0 unspecified atom stereocenters. The molecule has 0 aliphatic carbocycles. The molecule has 8 heteroatoms. The largest absolute Gasteiger partial charge is 0.484 e. The zero-order chi connectivity index (χ0) is 20.1. The molecule has 0 aliphatic heterocycles. The zero-order valence-electron chi connectivity index (χ0n) is 15.0. The van der Waals surface area contributed by atoms with Crippen molar-refractivity contribution in [3.05, 3.63) is 65.1 Å². The van der Waals surface area contributed by atoms with Crippen molar-refractivity contribution in [2.45, 2.75) is 12.5 Å². The van der Waals surface area contributed by atoms with Gasteiger partial charge in [-0.3, -0.25) is 4.79 Å². The molecule has 1 atom stereocenters. The van der Waals surface area contributed by atoms with E-state index in [0.717, 1.165) is 22.5 Å². The van der Waals surface area contributed by atoms with Crippen molar-refractivity contribution in [1.82, 2.24) is 10.3 Å². The van der Waals surface area contributed by atoms with Crippen LogP contribution >= 0.6 is 11.6 Å². The summed E-state index contributed by atoms with van der Waals surface area (Å²) < 4.78 is 23.3. The average molecular weight is 405 g/mol. The molecule has 0 aliphatic rings. The van der Waals surface area contributed by atoms with Crippen molar-refractivity contribution in [2.75, 3.05) is 13.7 Å². The van der Waals surface area contributed by atoms with Gasteiger partial charge in [-0.2, -0.15) is 0 Å². The summed E-state index contributed by atoms with van der Waals surface area (Å²) in [6.45, 7) is -0.358. The number of aromatic amines is 1. The third kappa shape index (κ3) is 4.61. The van der Waals surface area contributed by atoms with Crippen LogP contribution in [-0.4, -0.2) is 36.6 Å². The highest BCUT2D eigenvalue weighted by Crippen LogP contribution is 2.21. The number of amides is 1. The number of methoxy groups -OCH3 is 1. The molecule has 2 aromatic carbocycles. The summed E-state index contributed by atoms with van der Waals surface area (Å²) in [6, 6.07) is 10.5. The van der Waals surface area contributed by atoms with Gasteiger partial charge in [-0.15, -0.1) is 0 Å². The van der Waals surface area contributed by atoms with Crippen LogP contribution in [0.4, 0.5) is 4.39 Å². The van der Waals surface area contributed by atoms with Crippen molar-refractivity contribution in [3.63, 3.8) is 0 Å². The molecular weight excluding hydrogens is 387 g/mol. The Labute approximate surface area is 165 Å². The monoisotopic (exact) mass is 404 g/mol. The number of carbonyl (C=O) groups excluding carboxylic acids is 2. The number of benzene rings is 2. The molecule has 0 radical (unpaired) electrons. The molecule has 146 valence electrons. The number of fused-ring (bicyclic) bond motifs is 1. The Bertz CT molecular complexity index is 1000. The topological polar surface area (TPSA) is 80.4 Å². The number of rotatable bonds is 7. The van der Waals surface area contributed by atoms with Crippen LogP contribution in [0, 0.1) is 5.82 Å². The standard InChI is InChI=1S/C20H18ClFN2O4/c1-27-20(26)18(8-12-10-23-17-5-3-2-4-14(12)17)24-19(25)11-28-13-6-7-16(22)15(21)9-13/h2-7,9-10,18,23H,8,11H2,1H3,(H,24,25)/t18-/m0/s1. The number of nitrogens with one attached hydrogen (secondary N) is 2. The van der Waals surface area contributed by atoms with Crippen molar-refractivity contribution in [1.29, 1.82) is 0 Å². The minimum atomic E-state index is -0.878. The maximum absolute atomic E-state index is 13.2. The summed E-state index contributed by atoms with van der Waals surface area (Å²) in [5, 5.41) is 3.46. The lowest BCUT2D eigenvalue weighted by molar-refractivity contribution is -0.145. The Kier molecular flexibility index (Phi) is 6.16. The summed E-state index contributed by atoms with van der Waals surface area (Å²) in [7, 11) is 1.26. The molecule has 1 amide bonds. The Morgan fingerprint density at radius 1 is 1.25 bits per heavy atom. The molecule has 0 spiro atoms. The zero-order valence-corrected chi connectivity index (χ0v) is 15.8. The van der Waals surface area contributed by atoms with E-state index in [1.165, 1.54) is 19.2 Å². The van der Waals surface area contributed by atoms with Gasteiger partial charge in [0.2, 0.25) is 0 Å². The molecule has 3 aromatic rings. The maximum atomic E-state index is 13.2. The van der Waals surface area contributed by atoms with Gasteiger partial charge in [0.25, 0.3) is 5.91 Å². The molecule has 1 aromatic heterocycles. The fourth-order valence-corrected chi connectivity index (χ4v) is 2.98. The van der Waals surface area contributed by atoms with E-state index >= 15 is 0 Å². The van der Waals surface area contributed by atoms with Gasteiger partial charge >= 0.3 is 5.97 Å². The van der Waals surface area contributed by atoms with Gasteiger partial charge in [0.15, 0.2) is 6.61 Å². The number of carbonyl (C=O) groups is 2. The molecule has 0 saturated carbocycles. The van der Waals surface area contributed by atoms with Crippen LogP contribution < -0.4 is 10.1 Å². The highest BCUT2D eigenvalue weighted by atomic mass is 35.5. The molecule has 28 heavy (non-hydrogen) atoms. The Hall–Kier alpha value is -3.06. The Balaban J connectivity index is 1.65. The van der Waals surface area contributed by atoms with Crippen LogP contribution in [0.15, 0.2) is 48.7 Å². The summed E-state index contributed by atoms with van der Waals surface area (Å²) in [4.78, 5) is 27.5. The second-order valence-corrected chi connectivity index (χ2v) is 6.48. The number of halogens is 2. The molecule has 0 fully saturated rings. The summed E-state index contributed by atoms with van der Waals surface area (Å²) >= 11 is 5.68. The van der Waals surface area contributed by atoms with Gasteiger partial charge in [-0.1, -0.05) is 29.8 Å². The second kappa shape index (κ2) is 8.75. The van der Waals surface area contributed by atoms with Gasteiger partial charge in [0, 0.05) is 29.6 Å². The highest BCUT2D eigenvalue weighted by Gasteiger charge is 2.23. The third-order valence-corrected chi connectivity index (χ3v) is 4.47. The van der Waals surface area contributed by atoms with Crippen LogP contribution in [0.5, 0.6) is 5.75 Å². The van der Waals surface area contributed by atoms with E-state index in [1.54, 1.807) is 6.20 Å². The Morgan fingerprint density at radius 3 is 2.79 bits per heavy atom. The molecule has 6 nitrogen and oxygen atoms in total. The quantitative estimate of drug-likeness (QED) is 0.592. The van der Waals surface area contributed by atoms with E-state index in [4.69, 9.17) is 21.1 Å². The molecule has 0 saturated heterocycles. The van der Waals surface area contributed by atoms with E-state index < -0.39 is 23.7 Å². The van der Waals surface area contributed by atoms with Crippen LogP contribution in [0.3, 0.4) is 0 Å². The van der Waals surface area contributed by atoms with E-state index in [2.05, 4.69) is 10.3 Å². The van der Waals surface area contributed by atoms with E-state index in [1.807, 2.05) is 24.3 Å². The number of hydrogen-bond donors (Lipinski definition) is 2. The lowest BCUT2D eigenvalue weighted by Crippen LogP contribution is -2.44. The number of H-pyrrole nitrogens is 1. The van der Waals surface area contributed by atoms with E-state index in [0.29, 0.717) is 0 Å². The van der Waals surface area contributed by atoms with Crippen molar-refractivity contribution in [2.24, 2.45) is 0 Å². The molecular formula is C20H18ClFN2O4. The van der Waals surface area contributed by atoms with Gasteiger partial charge in [0.1, 0.15) is 17.6 Å². The summed E-state index contributed by atoms with van der Waals surface area (Å²) in [6.07, 6.45) is 2.05. The normalized spacial score (nSPS) is 11.8. The highest BCUT2D eigenvalue weighted by molar-refractivity contribution is 6.30. The van der Waals surface area contributed by atoms with Crippen molar-refractivity contribution in [3.8, 4) is 5.75 Å². The lowest BCUT2D eigenvalue weighted by Gasteiger charge is -2.16. The van der Waals surface area contributed by atoms with Crippen LogP contribution in [0.2, 0.25) is 5.02 Å². The second-order valence-electron chi connectivity index (χ2n) is 6.07. The SMILES string of the molecule is COC(=O)[C@H](Cc1c[nH]c2ccccc12)NC(=O)COc1ccc(F)c(Cl)c1. The lowest BCUT2D eigenvalue weighted by atomic mass is 10.0. The van der Waals surface area contributed by atoms with Gasteiger partial charge < -0.3 is 19.8 Å². The minimum absolute atomic E-state index is 0.107. The van der Waals surface area contributed by atoms with Crippen LogP contribution in [0.25, 0.3) is 10.9 Å². The summed E-state index contributed by atoms with van der Waals surface area (Å²) in [5.74, 6) is -1.42. The van der Waals surface area contributed by atoms with E-state index in [-0.39, 0.29) is 23.8 Å². The maximum Gasteiger partial charge on any atom is 0.328 e. The minimum Gasteiger partial charge on any atom is -0.484 e. The number of hydrogen-bond acceptors (Lipinski definition) is 4. The van der Waals surface area contributed by atoms with Crippen LogP contribution in [-0.2, 0) is 20.7 Å². The first-order chi connectivity index (χ1) is 13.5. The number of esters is 1. The van der Waals surface area contributed by atoms with Gasteiger partial charge in [-0.05, 0) is 23.8 Å². The van der Waals surface area contributed by atoms with Crippen LogP contribution in [0.1, 0.15) is 5.56 Å². The first-order valence-electron chi connectivity index (χ1n) is 8.48. The molecule has 1 heterocycles. The molecule has 3 rings (SSSR count). The third-order valence-electron chi connectivity index (χ3n) is 4.18. The molecule has 2 N–H and O–H groups in total. The fourth-order valence-electron chi connectivity index (χ4n) is 2.81. The predicted molar refractivity (Wildman–Crippen MR) is 103 cm³/mol. The van der Waals surface area contributed by atoms with Gasteiger partial charge in [0.05, 0.1) is 12.1 Å². The first kappa shape index (κ1) is 19.7. The molecule has 0 bridgehead atoms.